The van der Waals surface area contributed by atoms with Gasteiger partial charge < -0.3 is 15.8 Å². The van der Waals surface area contributed by atoms with Crippen molar-refractivity contribution < 1.29 is 13.2 Å². The smallest absolute Gasteiger partial charge is 0.238 e. The number of piperidine rings is 1. The van der Waals surface area contributed by atoms with Crippen molar-refractivity contribution in [1.29, 1.82) is 0 Å². The molecule has 1 saturated heterocycles. The molecular weight excluding hydrogens is 328 g/mol. The van der Waals surface area contributed by atoms with Gasteiger partial charge >= 0.3 is 0 Å². The van der Waals surface area contributed by atoms with Crippen molar-refractivity contribution in [3.8, 4) is 5.88 Å². The lowest BCUT2D eigenvalue weighted by Gasteiger charge is -2.24. The average molecular weight is 348 g/mol. The number of aromatic nitrogens is 2. The summed E-state index contributed by atoms with van der Waals surface area (Å²) in [5, 5.41) is 3.24. The number of benzene rings is 1. The van der Waals surface area contributed by atoms with Gasteiger partial charge in [-0.3, -0.25) is 0 Å². The molecular formula is C16H20N4O3S. The van der Waals surface area contributed by atoms with Gasteiger partial charge in [-0.05, 0) is 45.0 Å². The van der Waals surface area contributed by atoms with Crippen LogP contribution in [0.25, 0.3) is 0 Å². The Morgan fingerprint density at radius 2 is 1.83 bits per heavy atom. The second-order valence-corrected chi connectivity index (χ2v) is 7.56. The molecule has 1 aromatic carbocycles. The van der Waals surface area contributed by atoms with E-state index in [-0.39, 0.29) is 27.6 Å². The van der Waals surface area contributed by atoms with Crippen LogP contribution < -0.4 is 15.8 Å². The van der Waals surface area contributed by atoms with Gasteiger partial charge in [-0.2, -0.15) is 4.98 Å². The van der Waals surface area contributed by atoms with Gasteiger partial charge in [-0.15, -0.1) is 0 Å². The van der Waals surface area contributed by atoms with E-state index in [9.17, 15) is 8.42 Å². The number of nitrogens with one attached hydrogen (secondary N) is 1. The maximum atomic E-state index is 13.0. The highest BCUT2D eigenvalue weighted by molar-refractivity contribution is 7.91. The zero-order valence-electron chi connectivity index (χ0n) is 13.4. The van der Waals surface area contributed by atoms with Crippen LogP contribution in [0.4, 0.5) is 5.82 Å². The lowest BCUT2D eigenvalue weighted by atomic mass is 10.1. The molecule has 0 unspecified atom stereocenters. The Morgan fingerprint density at radius 3 is 2.50 bits per heavy atom. The minimum Gasteiger partial charge on any atom is -0.473 e. The largest absolute Gasteiger partial charge is 0.473 e. The zero-order valence-corrected chi connectivity index (χ0v) is 14.2. The third kappa shape index (κ3) is 3.34. The van der Waals surface area contributed by atoms with Crippen LogP contribution in [-0.4, -0.2) is 37.6 Å². The highest BCUT2D eigenvalue weighted by Gasteiger charge is 2.29. The summed E-state index contributed by atoms with van der Waals surface area (Å²) >= 11 is 0. The first kappa shape index (κ1) is 16.7. The predicted octanol–water partition coefficient (Wildman–Crippen LogP) is 1.33. The van der Waals surface area contributed by atoms with Crippen LogP contribution in [0.3, 0.4) is 0 Å². The van der Waals surface area contributed by atoms with Gasteiger partial charge in [0.1, 0.15) is 17.7 Å². The molecule has 3 rings (SSSR count). The molecule has 2 heterocycles. The number of ether oxygens (including phenoxy) is 1. The van der Waals surface area contributed by atoms with Gasteiger partial charge in [0.15, 0.2) is 4.90 Å². The summed E-state index contributed by atoms with van der Waals surface area (Å²) in [7, 11) is -3.86. The molecule has 0 spiro atoms. The summed E-state index contributed by atoms with van der Waals surface area (Å²) in [5.41, 5.74) is 5.93. The van der Waals surface area contributed by atoms with Gasteiger partial charge in [0, 0.05) is 0 Å². The van der Waals surface area contributed by atoms with E-state index >= 15 is 0 Å². The topological polar surface area (TPSA) is 107 Å². The van der Waals surface area contributed by atoms with Crippen LogP contribution in [0.1, 0.15) is 18.7 Å². The van der Waals surface area contributed by atoms with Crippen molar-refractivity contribution in [2.75, 3.05) is 18.8 Å². The van der Waals surface area contributed by atoms with E-state index in [0.29, 0.717) is 5.82 Å². The summed E-state index contributed by atoms with van der Waals surface area (Å²) in [6, 6.07) is 8.10. The summed E-state index contributed by atoms with van der Waals surface area (Å²) in [5.74, 6) is 0.328. The molecule has 0 radical (unpaired) electrons. The summed E-state index contributed by atoms with van der Waals surface area (Å²) in [4.78, 5) is 8.20. The Kier molecular flexibility index (Phi) is 4.68. The summed E-state index contributed by atoms with van der Waals surface area (Å²) in [6.07, 6.45) is 1.48. The predicted molar refractivity (Wildman–Crippen MR) is 89.6 cm³/mol. The molecule has 3 N–H and O–H groups in total. The second kappa shape index (κ2) is 6.74. The molecule has 8 heteroatoms. The number of nitrogens with zero attached hydrogens (tertiary/aromatic N) is 2. The van der Waals surface area contributed by atoms with Crippen LogP contribution in [0.2, 0.25) is 0 Å². The van der Waals surface area contributed by atoms with Crippen LogP contribution in [0.15, 0.2) is 40.1 Å². The molecule has 0 atom stereocenters. The van der Waals surface area contributed by atoms with E-state index in [1.54, 1.807) is 25.1 Å². The minimum absolute atomic E-state index is 0.0377. The van der Waals surface area contributed by atoms with Crippen LogP contribution in [0, 0.1) is 6.92 Å². The number of hydrogen-bond acceptors (Lipinski definition) is 7. The van der Waals surface area contributed by atoms with Gasteiger partial charge in [0.05, 0.1) is 4.90 Å². The fraction of sp³-hybridized carbons (Fsp3) is 0.375. The Morgan fingerprint density at radius 1 is 1.17 bits per heavy atom. The number of rotatable bonds is 4. The van der Waals surface area contributed by atoms with Crippen molar-refractivity contribution in [2.24, 2.45) is 0 Å². The highest BCUT2D eigenvalue weighted by Crippen LogP contribution is 2.33. The van der Waals surface area contributed by atoms with Crippen LogP contribution in [0.5, 0.6) is 5.88 Å². The lowest BCUT2D eigenvalue weighted by molar-refractivity contribution is 0.151. The first-order valence-corrected chi connectivity index (χ1v) is 9.28. The second-order valence-electron chi connectivity index (χ2n) is 5.67. The van der Waals surface area contributed by atoms with Crippen molar-refractivity contribution in [2.45, 2.75) is 35.7 Å². The Bertz CT molecular complexity index is 819. The molecule has 1 fully saturated rings. The highest BCUT2D eigenvalue weighted by atomic mass is 32.2. The summed E-state index contributed by atoms with van der Waals surface area (Å²) in [6.45, 7) is 3.31. The fourth-order valence-corrected chi connectivity index (χ4v) is 4.07. The minimum atomic E-state index is -3.86. The van der Waals surface area contributed by atoms with Gasteiger partial charge in [0.25, 0.3) is 0 Å². The third-order valence-electron chi connectivity index (χ3n) is 3.86. The average Bonchev–Trinajstić information content (AvgIpc) is 2.55. The van der Waals surface area contributed by atoms with E-state index in [4.69, 9.17) is 10.5 Å². The summed E-state index contributed by atoms with van der Waals surface area (Å²) < 4.78 is 31.9. The molecule has 0 bridgehead atoms. The molecule has 0 saturated carbocycles. The molecule has 24 heavy (non-hydrogen) atoms. The quantitative estimate of drug-likeness (QED) is 0.858. The molecule has 1 aliphatic heterocycles. The SMILES string of the molecule is Cc1nc(N)c(S(=O)(=O)c2ccccc2)c(OC2CCNCC2)n1. The van der Waals surface area contributed by atoms with Crippen molar-refractivity contribution in [3.63, 3.8) is 0 Å². The van der Waals surface area contributed by atoms with Crippen LogP contribution in [-0.2, 0) is 9.84 Å². The first-order valence-electron chi connectivity index (χ1n) is 7.80. The standard InChI is InChI=1S/C16H20N4O3S/c1-11-19-15(17)14(24(21,22)13-5-3-2-4-6-13)16(20-11)23-12-7-9-18-10-8-12/h2-6,12,18H,7-10H2,1H3,(H2,17,19,20). The van der Waals surface area contributed by atoms with Gasteiger partial charge in [-0.25, -0.2) is 13.4 Å². The molecule has 2 aromatic rings. The van der Waals surface area contributed by atoms with Crippen molar-refractivity contribution in [1.82, 2.24) is 15.3 Å². The maximum Gasteiger partial charge on any atom is 0.238 e. The molecule has 128 valence electrons. The first-order chi connectivity index (χ1) is 11.5. The van der Waals surface area contributed by atoms with Crippen LogP contribution >= 0.6 is 0 Å². The number of anilines is 1. The Hall–Kier alpha value is -2.19. The molecule has 1 aromatic heterocycles. The Balaban J connectivity index is 2.06. The van der Waals surface area contributed by atoms with E-state index in [2.05, 4.69) is 15.3 Å². The van der Waals surface area contributed by atoms with Gasteiger partial charge in [0.2, 0.25) is 15.7 Å². The molecule has 0 aliphatic carbocycles. The maximum absolute atomic E-state index is 13.0. The van der Waals surface area contributed by atoms with Gasteiger partial charge in [-0.1, -0.05) is 18.2 Å². The number of hydrogen-bond donors (Lipinski definition) is 2. The van der Waals surface area contributed by atoms with Crippen molar-refractivity contribution >= 4 is 15.7 Å². The monoisotopic (exact) mass is 348 g/mol. The van der Waals surface area contributed by atoms with E-state index in [1.807, 2.05) is 0 Å². The lowest BCUT2D eigenvalue weighted by Crippen LogP contribution is -2.34. The third-order valence-corrected chi connectivity index (χ3v) is 5.67. The van der Waals surface area contributed by atoms with E-state index < -0.39 is 9.84 Å². The van der Waals surface area contributed by atoms with E-state index in [1.165, 1.54) is 12.1 Å². The number of aryl methyl sites for hydroxylation is 1. The zero-order chi connectivity index (χ0) is 17.2. The molecule has 7 nitrogen and oxygen atoms in total. The number of sulfone groups is 1. The number of nitrogen functional groups attached to an aromatic ring is 1. The Labute approximate surface area is 141 Å². The number of nitrogens with two attached hydrogens (primary N) is 1. The van der Waals surface area contributed by atoms with Crippen molar-refractivity contribution in [3.05, 3.63) is 36.2 Å². The normalized spacial score (nSPS) is 16.0. The molecule has 0 amide bonds. The molecule has 1 aliphatic rings. The van der Waals surface area contributed by atoms with E-state index in [0.717, 1.165) is 25.9 Å². The fourth-order valence-electron chi connectivity index (χ4n) is 2.68.